The Morgan fingerprint density at radius 3 is 2.30 bits per heavy atom. The predicted octanol–water partition coefficient (Wildman–Crippen LogP) is 4.77. The van der Waals surface area contributed by atoms with Crippen molar-refractivity contribution in [2.24, 2.45) is 5.92 Å². The second kappa shape index (κ2) is 12.2. The highest BCUT2D eigenvalue weighted by Gasteiger charge is 2.13. The van der Waals surface area contributed by atoms with E-state index in [0.29, 0.717) is 6.04 Å². The molecular weight excluding hydrogens is 320 g/mol. The number of hydrogen-bond donors (Lipinski definition) is 2. The van der Waals surface area contributed by atoms with Crippen LogP contribution < -0.4 is 5.32 Å². The lowest BCUT2D eigenvalue weighted by atomic mass is 10.1. The van der Waals surface area contributed by atoms with E-state index in [-0.39, 0.29) is 5.37 Å². The van der Waals surface area contributed by atoms with Crippen LogP contribution in [-0.4, -0.2) is 41.7 Å². The zero-order valence-electron chi connectivity index (χ0n) is 15.2. The molecule has 0 spiro atoms. The highest BCUT2D eigenvalue weighted by Crippen LogP contribution is 2.19. The Kier molecular flexibility index (Phi) is 11.1. The van der Waals surface area contributed by atoms with Gasteiger partial charge in [0.2, 0.25) is 0 Å². The van der Waals surface area contributed by atoms with E-state index in [4.69, 9.17) is 0 Å². The van der Waals surface area contributed by atoms with Gasteiger partial charge in [-0.25, -0.2) is 0 Å². The molecular formula is C19H34N2S2. The Balaban J connectivity index is 2.43. The van der Waals surface area contributed by atoms with Gasteiger partial charge < -0.3 is 10.2 Å². The van der Waals surface area contributed by atoms with Crippen molar-refractivity contribution in [1.29, 1.82) is 0 Å². The molecule has 1 N–H and O–H groups in total. The minimum atomic E-state index is 0.238. The molecule has 0 aromatic heterocycles. The van der Waals surface area contributed by atoms with Crippen molar-refractivity contribution in [3.63, 3.8) is 0 Å². The maximum Gasteiger partial charge on any atom is 0.0476 e. The second-order valence-corrected chi connectivity index (χ2v) is 8.44. The van der Waals surface area contributed by atoms with Gasteiger partial charge >= 0.3 is 0 Å². The molecule has 1 rings (SSSR count). The van der Waals surface area contributed by atoms with Crippen molar-refractivity contribution in [1.82, 2.24) is 10.2 Å². The molecule has 1 aromatic rings. The van der Waals surface area contributed by atoms with E-state index >= 15 is 0 Å². The lowest BCUT2D eigenvalue weighted by Crippen LogP contribution is -2.39. The first-order valence-electron chi connectivity index (χ1n) is 8.85. The molecule has 0 radical (unpaired) electrons. The highest BCUT2D eigenvalue weighted by molar-refractivity contribution is 7.99. The van der Waals surface area contributed by atoms with Gasteiger partial charge in [0.15, 0.2) is 0 Å². The van der Waals surface area contributed by atoms with Crippen molar-refractivity contribution >= 4 is 24.4 Å². The summed E-state index contributed by atoms with van der Waals surface area (Å²) in [4.78, 5) is 3.92. The van der Waals surface area contributed by atoms with E-state index in [0.717, 1.165) is 24.8 Å². The Bertz CT molecular complexity index is 396. The summed E-state index contributed by atoms with van der Waals surface area (Å²) in [5.41, 5.74) is 0. The smallest absolute Gasteiger partial charge is 0.0476 e. The van der Waals surface area contributed by atoms with Gasteiger partial charge in [0.05, 0.1) is 0 Å². The summed E-state index contributed by atoms with van der Waals surface area (Å²) < 4.78 is 0. The summed E-state index contributed by atoms with van der Waals surface area (Å²) in [7, 11) is 0. The molecule has 0 fully saturated rings. The standard InChI is InChI=1S/C19H34N2S2/c1-5-21(13-11-16(2)3)14-12-18(20-17(4)22)15-23-19-9-7-6-8-10-19/h6-10,16-18,20,22H,5,11-15H2,1-4H3. The maximum atomic E-state index is 4.52. The Hall–Kier alpha value is -0.160. The summed E-state index contributed by atoms with van der Waals surface area (Å²) in [5, 5.41) is 3.85. The highest BCUT2D eigenvalue weighted by atomic mass is 32.2. The van der Waals surface area contributed by atoms with E-state index in [1.165, 1.54) is 24.3 Å². The molecule has 2 unspecified atom stereocenters. The van der Waals surface area contributed by atoms with Crippen molar-refractivity contribution in [3.05, 3.63) is 30.3 Å². The summed E-state index contributed by atoms with van der Waals surface area (Å²) in [6, 6.07) is 11.2. The van der Waals surface area contributed by atoms with Crippen LogP contribution in [0.3, 0.4) is 0 Å². The molecule has 2 nitrogen and oxygen atoms in total. The largest absolute Gasteiger partial charge is 0.304 e. The predicted molar refractivity (Wildman–Crippen MR) is 109 cm³/mol. The number of thioether (sulfide) groups is 1. The van der Waals surface area contributed by atoms with Gasteiger partial charge in [0, 0.05) is 22.1 Å². The summed E-state index contributed by atoms with van der Waals surface area (Å²) in [6.45, 7) is 12.5. The summed E-state index contributed by atoms with van der Waals surface area (Å²) >= 11 is 6.45. The summed E-state index contributed by atoms with van der Waals surface area (Å²) in [6.07, 6.45) is 2.46. The molecule has 0 bridgehead atoms. The third-order valence-electron chi connectivity index (χ3n) is 3.93. The number of benzene rings is 1. The Morgan fingerprint density at radius 1 is 1.09 bits per heavy atom. The molecule has 0 amide bonds. The van der Waals surface area contributed by atoms with Crippen LogP contribution in [-0.2, 0) is 0 Å². The van der Waals surface area contributed by atoms with Gasteiger partial charge in [-0.2, -0.15) is 12.6 Å². The lowest BCUT2D eigenvalue weighted by molar-refractivity contribution is 0.256. The third kappa shape index (κ3) is 10.3. The van der Waals surface area contributed by atoms with Gasteiger partial charge in [-0.3, -0.25) is 0 Å². The van der Waals surface area contributed by atoms with Crippen LogP contribution in [0.4, 0.5) is 0 Å². The first-order chi connectivity index (χ1) is 11.0. The molecule has 0 aliphatic heterocycles. The maximum absolute atomic E-state index is 4.52. The molecule has 0 aliphatic carbocycles. The monoisotopic (exact) mass is 354 g/mol. The lowest BCUT2D eigenvalue weighted by Gasteiger charge is -2.26. The quantitative estimate of drug-likeness (QED) is 0.319. The van der Waals surface area contributed by atoms with Gasteiger partial charge in [0.25, 0.3) is 0 Å². The third-order valence-corrected chi connectivity index (χ3v) is 5.26. The zero-order chi connectivity index (χ0) is 17.1. The van der Waals surface area contributed by atoms with E-state index < -0.39 is 0 Å². The Morgan fingerprint density at radius 2 is 1.74 bits per heavy atom. The van der Waals surface area contributed by atoms with Gasteiger partial charge in [-0.05, 0) is 57.5 Å². The number of thiol groups is 1. The number of hydrogen-bond acceptors (Lipinski definition) is 4. The number of nitrogens with zero attached hydrogens (tertiary/aromatic N) is 1. The minimum absolute atomic E-state index is 0.238. The molecule has 0 aliphatic rings. The fraction of sp³-hybridized carbons (Fsp3) is 0.684. The zero-order valence-corrected chi connectivity index (χ0v) is 16.9. The van der Waals surface area contributed by atoms with E-state index in [9.17, 15) is 0 Å². The molecule has 0 heterocycles. The van der Waals surface area contributed by atoms with E-state index in [1.807, 2.05) is 11.8 Å². The van der Waals surface area contributed by atoms with Crippen LogP contribution in [0.25, 0.3) is 0 Å². The molecule has 2 atom stereocenters. The van der Waals surface area contributed by atoms with Crippen LogP contribution in [0.2, 0.25) is 0 Å². The van der Waals surface area contributed by atoms with Gasteiger partial charge in [0.1, 0.15) is 0 Å². The number of rotatable bonds is 12. The van der Waals surface area contributed by atoms with Gasteiger partial charge in [-0.1, -0.05) is 39.0 Å². The van der Waals surface area contributed by atoms with E-state index in [1.54, 1.807) is 0 Å². The van der Waals surface area contributed by atoms with Crippen LogP contribution in [0.5, 0.6) is 0 Å². The van der Waals surface area contributed by atoms with E-state index in [2.05, 4.69) is 80.9 Å². The van der Waals surface area contributed by atoms with Crippen molar-refractivity contribution < 1.29 is 0 Å². The average Bonchev–Trinajstić information content (AvgIpc) is 2.52. The molecule has 0 saturated heterocycles. The van der Waals surface area contributed by atoms with Crippen molar-refractivity contribution in [3.8, 4) is 0 Å². The molecule has 0 saturated carbocycles. The first-order valence-corrected chi connectivity index (χ1v) is 10.4. The van der Waals surface area contributed by atoms with Crippen LogP contribution >= 0.6 is 24.4 Å². The normalized spacial score (nSPS) is 14.4. The number of nitrogens with one attached hydrogen (secondary N) is 1. The summed E-state index contributed by atoms with van der Waals surface area (Å²) in [5.74, 6) is 1.88. The van der Waals surface area contributed by atoms with Crippen LogP contribution in [0, 0.1) is 5.92 Å². The van der Waals surface area contributed by atoms with Crippen LogP contribution in [0.15, 0.2) is 35.2 Å². The molecule has 23 heavy (non-hydrogen) atoms. The average molecular weight is 355 g/mol. The van der Waals surface area contributed by atoms with Crippen molar-refractivity contribution in [2.75, 3.05) is 25.4 Å². The fourth-order valence-electron chi connectivity index (χ4n) is 2.48. The molecule has 132 valence electrons. The fourth-order valence-corrected chi connectivity index (χ4v) is 3.69. The molecule has 4 heteroatoms. The Labute approximate surface area is 153 Å². The molecule has 1 aromatic carbocycles. The first kappa shape index (κ1) is 20.9. The topological polar surface area (TPSA) is 15.3 Å². The van der Waals surface area contributed by atoms with Gasteiger partial charge in [-0.15, -0.1) is 11.8 Å². The second-order valence-electron chi connectivity index (χ2n) is 6.57. The van der Waals surface area contributed by atoms with Crippen molar-refractivity contribution in [2.45, 2.75) is 56.8 Å². The SMILES string of the molecule is CCN(CCC(C)C)CCC(CSc1ccccc1)NC(C)S. The minimum Gasteiger partial charge on any atom is -0.304 e. The van der Waals surface area contributed by atoms with Crippen LogP contribution in [0.1, 0.15) is 40.5 Å².